The maximum Gasteiger partial charge on any atom is 0.315 e. The number of aliphatic imine (C=N–C) groups is 1. The minimum atomic E-state index is -0.711. The third kappa shape index (κ3) is 4.47. The van der Waals surface area contributed by atoms with Gasteiger partial charge in [0.2, 0.25) is 0 Å². The van der Waals surface area contributed by atoms with Crippen LogP contribution in [-0.4, -0.2) is 38.3 Å². The lowest BCUT2D eigenvalue weighted by atomic mass is 9.69. The number of ketones is 1. The van der Waals surface area contributed by atoms with Gasteiger partial charge in [-0.2, -0.15) is 0 Å². The second kappa shape index (κ2) is 10.0. The Hall–Kier alpha value is -3.12. The molecule has 0 amide bonds. The fraction of sp³-hybridized carbons (Fsp3) is 0.370. The Morgan fingerprint density at radius 1 is 1.09 bits per heavy atom. The molecule has 0 saturated heterocycles. The predicted molar refractivity (Wildman–Crippen MR) is 131 cm³/mol. The maximum absolute atomic E-state index is 13.6. The van der Waals surface area contributed by atoms with E-state index in [1.54, 1.807) is 27.2 Å². The van der Waals surface area contributed by atoms with Crippen LogP contribution < -0.4 is 9.47 Å². The normalized spacial score (nSPS) is 22.1. The quantitative estimate of drug-likeness (QED) is 0.509. The first-order chi connectivity index (χ1) is 16.4. The van der Waals surface area contributed by atoms with Crippen molar-refractivity contribution < 1.29 is 23.8 Å². The Morgan fingerprint density at radius 3 is 2.47 bits per heavy atom. The second-order valence-electron chi connectivity index (χ2n) is 8.51. The number of rotatable bonds is 6. The fourth-order valence-corrected chi connectivity index (χ4v) is 5.11. The molecule has 0 N–H and O–H groups in total. The van der Waals surface area contributed by atoms with Crippen LogP contribution in [0.1, 0.15) is 49.7 Å². The number of hydrogen-bond donors (Lipinski definition) is 0. The summed E-state index contributed by atoms with van der Waals surface area (Å²) < 4.78 is 16.4. The van der Waals surface area contributed by atoms with Crippen molar-refractivity contribution in [2.24, 2.45) is 10.9 Å². The molecule has 2 aliphatic rings. The minimum absolute atomic E-state index is 0.00220. The van der Waals surface area contributed by atoms with Crippen molar-refractivity contribution >= 4 is 29.1 Å². The van der Waals surface area contributed by atoms with Crippen molar-refractivity contribution in [2.45, 2.75) is 38.5 Å². The first kappa shape index (κ1) is 24.0. The molecule has 3 atom stereocenters. The average Bonchev–Trinajstić information content (AvgIpc) is 2.83. The van der Waals surface area contributed by atoms with E-state index < -0.39 is 17.8 Å². The third-order valence-electron chi connectivity index (χ3n) is 6.55. The summed E-state index contributed by atoms with van der Waals surface area (Å²) >= 11 is 6.05. The van der Waals surface area contributed by atoms with Crippen molar-refractivity contribution in [1.29, 1.82) is 0 Å². The third-order valence-corrected chi connectivity index (χ3v) is 6.80. The number of ether oxygens (including phenoxy) is 3. The van der Waals surface area contributed by atoms with Gasteiger partial charge in [0.25, 0.3) is 0 Å². The first-order valence-electron chi connectivity index (χ1n) is 11.3. The fourth-order valence-electron chi connectivity index (χ4n) is 4.98. The highest BCUT2D eigenvalue weighted by Gasteiger charge is 2.45. The Bertz CT molecular complexity index is 1170. The molecule has 7 heteroatoms. The molecule has 4 rings (SSSR count). The standard InChI is InChI=1S/C27H28ClNO5/c1-5-34-27(31)24-15(2)29-21-12-17(16-6-8-18(28)9-7-16)13-22(30)26(21)25(24)20-11-10-19(32-3)14-23(20)33-4/h6-11,14,17,24-25H,5,12-13H2,1-4H3/t17-,24?,25+/m0/s1. The van der Waals surface area contributed by atoms with Crippen LogP contribution in [0, 0.1) is 5.92 Å². The molecule has 2 aromatic carbocycles. The topological polar surface area (TPSA) is 74.2 Å². The van der Waals surface area contributed by atoms with Crippen molar-refractivity contribution in [3.63, 3.8) is 0 Å². The molecule has 0 radical (unpaired) electrons. The molecule has 1 aliphatic carbocycles. The molecule has 6 nitrogen and oxygen atoms in total. The number of carbonyl (C=O) groups is 2. The van der Waals surface area contributed by atoms with Gasteiger partial charge in [-0.15, -0.1) is 0 Å². The zero-order valence-corrected chi connectivity index (χ0v) is 20.5. The molecular weight excluding hydrogens is 454 g/mol. The highest BCUT2D eigenvalue weighted by atomic mass is 35.5. The van der Waals surface area contributed by atoms with Gasteiger partial charge in [-0.3, -0.25) is 14.6 Å². The van der Waals surface area contributed by atoms with Crippen LogP contribution in [0.15, 0.2) is 58.7 Å². The number of carbonyl (C=O) groups excluding carboxylic acids is 2. The largest absolute Gasteiger partial charge is 0.497 e. The summed E-state index contributed by atoms with van der Waals surface area (Å²) in [5, 5.41) is 0.654. The summed E-state index contributed by atoms with van der Waals surface area (Å²) in [6.07, 6.45) is 0.935. The van der Waals surface area contributed by atoms with Crippen LogP contribution in [0.25, 0.3) is 0 Å². The molecule has 1 aliphatic heterocycles. The molecule has 1 heterocycles. The van der Waals surface area contributed by atoms with Crippen LogP contribution in [0.3, 0.4) is 0 Å². The van der Waals surface area contributed by atoms with Crippen LogP contribution in [0.4, 0.5) is 0 Å². The number of nitrogens with zero attached hydrogens (tertiary/aromatic N) is 1. The van der Waals surface area contributed by atoms with E-state index in [9.17, 15) is 9.59 Å². The van der Waals surface area contributed by atoms with E-state index >= 15 is 0 Å². The molecule has 0 fully saturated rings. The molecule has 178 valence electrons. The second-order valence-corrected chi connectivity index (χ2v) is 8.95. The van der Waals surface area contributed by atoms with Gasteiger partial charge in [-0.1, -0.05) is 29.8 Å². The molecule has 0 bridgehead atoms. The van der Waals surface area contributed by atoms with Gasteiger partial charge in [0.05, 0.1) is 20.8 Å². The van der Waals surface area contributed by atoms with Gasteiger partial charge in [0, 0.05) is 46.0 Å². The monoisotopic (exact) mass is 481 g/mol. The molecular formula is C27H28ClNO5. The highest BCUT2D eigenvalue weighted by molar-refractivity contribution is 6.30. The Morgan fingerprint density at radius 2 is 1.82 bits per heavy atom. The van der Waals surface area contributed by atoms with E-state index in [1.165, 1.54) is 0 Å². The van der Waals surface area contributed by atoms with Crippen LogP contribution in [0.2, 0.25) is 5.02 Å². The zero-order valence-electron chi connectivity index (χ0n) is 19.8. The lowest BCUT2D eigenvalue weighted by molar-refractivity contribution is -0.146. The van der Waals surface area contributed by atoms with Gasteiger partial charge >= 0.3 is 5.97 Å². The summed E-state index contributed by atoms with van der Waals surface area (Å²) in [6.45, 7) is 3.83. The van der Waals surface area contributed by atoms with Gasteiger partial charge in [0.1, 0.15) is 17.4 Å². The molecule has 0 spiro atoms. The number of allylic oxidation sites excluding steroid dienone is 2. The highest BCUT2D eigenvalue weighted by Crippen LogP contribution is 2.49. The molecule has 2 aromatic rings. The van der Waals surface area contributed by atoms with Gasteiger partial charge < -0.3 is 14.2 Å². The van der Waals surface area contributed by atoms with Crippen molar-refractivity contribution in [1.82, 2.24) is 0 Å². The minimum Gasteiger partial charge on any atom is -0.497 e. The lowest BCUT2D eigenvalue weighted by Crippen LogP contribution is -2.38. The van der Waals surface area contributed by atoms with Crippen LogP contribution >= 0.6 is 11.6 Å². The van der Waals surface area contributed by atoms with Gasteiger partial charge in [-0.25, -0.2) is 0 Å². The Labute approximate surface area is 204 Å². The Balaban J connectivity index is 1.84. The van der Waals surface area contributed by atoms with Crippen LogP contribution in [0.5, 0.6) is 11.5 Å². The van der Waals surface area contributed by atoms with Crippen LogP contribution in [-0.2, 0) is 14.3 Å². The number of hydrogen-bond acceptors (Lipinski definition) is 6. The van der Waals surface area contributed by atoms with E-state index in [0.29, 0.717) is 40.6 Å². The summed E-state index contributed by atoms with van der Waals surface area (Å²) in [6, 6.07) is 13.0. The van der Waals surface area contributed by atoms with E-state index in [1.807, 2.05) is 43.3 Å². The zero-order chi connectivity index (χ0) is 24.4. The van der Waals surface area contributed by atoms with E-state index in [2.05, 4.69) is 0 Å². The number of methoxy groups -OCH3 is 2. The number of benzene rings is 2. The number of esters is 1. The summed E-state index contributed by atoms with van der Waals surface area (Å²) in [5.41, 5.74) is 3.70. The molecule has 0 aromatic heterocycles. The van der Waals surface area contributed by atoms with Gasteiger partial charge in [-0.05, 0) is 49.9 Å². The number of halogens is 1. The van der Waals surface area contributed by atoms with Crippen molar-refractivity contribution in [2.75, 3.05) is 20.8 Å². The van der Waals surface area contributed by atoms with Crippen molar-refractivity contribution in [3.8, 4) is 11.5 Å². The van der Waals surface area contributed by atoms with Gasteiger partial charge in [0.15, 0.2) is 5.78 Å². The molecule has 34 heavy (non-hydrogen) atoms. The molecule has 0 saturated carbocycles. The van der Waals surface area contributed by atoms with E-state index in [4.69, 9.17) is 30.8 Å². The smallest absolute Gasteiger partial charge is 0.315 e. The van der Waals surface area contributed by atoms with E-state index in [0.717, 1.165) is 16.8 Å². The molecule has 1 unspecified atom stereocenters. The summed E-state index contributed by atoms with van der Waals surface area (Å²) in [5.74, 6) is -0.504. The SMILES string of the molecule is CCOC(=O)C1C(C)=NC2=C(C(=O)C[C@@H](c3ccc(Cl)cc3)C2)[C@@H]1c1ccc(OC)cc1OC. The van der Waals surface area contributed by atoms with E-state index in [-0.39, 0.29) is 18.3 Å². The first-order valence-corrected chi connectivity index (χ1v) is 11.7. The van der Waals surface area contributed by atoms with Crippen molar-refractivity contribution in [3.05, 3.63) is 69.9 Å². The summed E-state index contributed by atoms with van der Waals surface area (Å²) in [4.78, 5) is 31.5. The number of Topliss-reactive ketones (excluding diaryl/α,β-unsaturated/α-hetero) is 1. The average molecular weight is 482 g/mol. The lowest BCUT2D eigenvalue weighted by Gasteiger charge is -2.37. The summed E-state index contributed by atoms with van der Waals surface area (Å²) in [7, 11) is 3.14. The predicted octanol–water partition coefficient (Wildman–Crippen LogP) is 5.50. The Kier molecular flexibility index (Phi) is 7.08. The maximum atomic E-state index is 13.6.